The molecule has 7 heteroatoms. The molecule has 1 atom stereocenters. The number of aromatic nitrogens is 4. The van der Waals surface area contributed by atoms with E-state index >= 15 is 0 Å². The number of hydrogen-bond donors (Lipinski definition) is 1. The Morgan fingerprint density at radius 2 is 1.78 bits per heavy atom. The fraction of sp³-hybridized carbons (Fsp3) is 0.280. The van der Waals surface area contributed by atoms with E-state index in [0.29, 0.717) is 29.1 Å². The first-order valence-corrected chi connectivity index (χ1v) is 10.6. The highest BCUT2D eigenvalue weighted by atomic mass is 16.5. The third-order valence-corrected chi connectivity index (χ3v) is 5.38. The largest absolute Gasteiger partial charge is 0.496 e. The maximum atomic E-state index is 13.0. The number of anilines is 1. The number of rotatable bonds is 7. The number of fused-ring (bicyclic) bond motifs is 1. The molecule has 32 heavy (non-hydrogen) atoms. The first-order valence-electron chi connectivity index (χ1n) is 10.6. The van der Waals surface area contributed by atoms with E-state index in [1.54, 1.807) is 17.7 Å². The molecule has 4 aromatic rings. The number of hydrogen-bond acceptors (Lipinski definition) is 6. The van der Waals surface area contributed by atoms with Gasteiger partial charge in [-0.3, -0.25) is 9.36 Å². The number of methoxy groups -OCH3 is 1. The van der Waals surface area contributed by atoms with Crippen LogP contribution in [0.15, 0.2) is 59.4 Å². The van der Waals surface area contributed by atoms with E-state index in [0.717, 1.165) is 29.2 Å². The highest BCUT2D eigenvalue weighted by Gasteiger charge is 2.12. The van der Waals surface area contributed by atoms with Gasteiger partial charge in [-0.2, -0.15) is 0 Å². The summed E-state index contributed by atoms with van der Waals surface area (Å²) in [4.78, 5) is 26.7. The smallest absolute Gasteiger partial charge is 0.261 e. The third kappa shape index (κ3) is 4.61. The van der Waals surface area contributed by atoms with Crippen molar-refractivity contribution in [1.29, 1.82) is 0 Å². The topological polar surface area (TPSA) is 81.9 Å². The minimum Gasteiger partial charge on any atom is -0.496 e. The zero-order valence-corrected chi connectivity index (χ0v) is 18.8. The summed E-state index contributed by atoms with van der Waals surface area (Å²) in [5.41, 5.74) is 2.53. The predicted octanol–water partition coefficient (Wildman–Crippen LogP) is 3.90. The van der Waals surface area contributed by atoms with E-state index in [1.807, 2.05) is 56.3 Å². The van der Waals surface area contributed by atoms with Crippen molar-refractivity contribution in [3.05, 3.63) is 87.9 Å². The second-order valence-electron chi connectivity index (χ2n) is 7.92. The molecule has 0 saturated heterocycles. The second kappa shape index (κ2) is 9.18. The molecule has 0 aliphatic carbocycles. The molecule has 0 aliphatic heterocycles. The Labute approximate surface area is 187 Å². The van der Waals surface area contributed by atoms with Gasteiger partial charge in [0.2, 0.25) is 0 Å². The van der Waals surface area contributed by atoms with Crippen LogP contribution in [0.5, 0.6) is 5.75 Å². The highest BCUT2D eigenvalue weighted by Crippen LogP contribution is 2.20. The number of benzene rings is 2. The Balaban J connectivity index is 1.57. The van der Waals surface area contributed by atoms with Gasteiger partial charge in [0, 0.05) is 12.1 Å². The summed E-state index contributed by atoms with van der Waals surface area (Å²) in [5.74, 6) is 2.91. The quantitative estimate of drug-likeness (QED) is 0.480. The first kappa shape index (κ1) is 21.5. The molecule has 164 valence electrons. The molecule has 0 aliphatic rings. The van der Waals surface area contributed by atoms with Crippen molar-refractivity contribution in [1.82, 2.24) is 19.5 Å². The number of nitrogens with zero attached hydrogens (tertiary/aromatic N) is 4. The molecule has 0 bridgehead atoms. The second-order valence-corrected chi connectivity index (χ2v) is 7.92. The Hall–Kier alpha value is -3.74. The van der Waals surface area contributed by atoms with Crippen molar-refractivity contribution in [3.63, 3.8) is 0 Å². The molecule has 1 N–H and O–H groups in total. The maximum absolute atomic E-state index is 13.0. The fourth-order valence-electron chi connectivity index (χ4n) is 3.92. The van der Waals surface area contributed by atoms with Gasteiger partial charge in [-0.25, -0.2) is 15.0 Å². The summed E-state index contributed by atoms with van der Waals surface area (Å²) in [7, 11) is 1.68. The van der Waals surface area contributed by atoms with Crippen molar-refractivity contribution >= 4 is 16.7 Å². The van der Waals surface area contributed by atoms with Crippen LogP contribution in [-0.2, 0) is 13.0 Å². The summed E-state index contributed by atoms with van der Waals surface area (Å²) in [6.45, 7) is 6.14. The lowest BCUT2D eigenvalue weighted by atomic mass is 10.1. The molecule has 4 rings (SSSR count). The monoisotopic (exact) mass is 429 g/mol. The lowest BCUT2D eigenvalue weighted by Crippen LogP contribution is -2.25. The minimum absolute atomic E-state index is 0.0663. The van der Waals surface area contributed by atoms with Gasteiger partial charge in [0.1, 0.15) is 23.2 Å². The van der Waals surface area contributed by atoms with Crippen LogP contribution in [0.1, 0.15) is 29.8 Å². The molecule has 0 amide bonds. The van der Waals surface area contributed by atoms with Crippen molar-refractivity contribution in [3.8, 4) is 5.75 Å². The molecule has 2 heterocycles. The number of ether oxygens (including phenoxy) is 1. The summed E-state index contributed by atoms with van der Waals surface area (Å²) in [6.07, 6.45) is 0.787. The van der Waals surface area contributed by atoms with Crippen LogP contribution in [0.3, 0.4) is 0 Å². The van der Waals surface area contributed by atoms with Crippen molar-refractivity contribution in [2.24, 2.45) is 0 Å². The Morgan fingerprint density at radius 1 is 1.03 bits per heavy atom. The molecule has 0 spiro atoms. The number of nitrogens with one attached hydrogen (secondary N) is 1. The van der Waals surface area contributed by atoms with E-state index in [9.17, 15) is 4.79 Å². The van der Waals surface area contributed by atoms with Crippen molar-refractivity contribution in [2.75, 3.05) is 12.4 Å². The van der Waals surface area contributed by atoms with Gasteiger partial charge in [-0.05, 0) is 51.0 Å². The highest BCUT2D eigenvalue weighted by molar-refractivity contribution is 5.77. The molecule has 2 aromatic heterocycles. The average Bonchev–Trinajstić information content (AvgIpc) is 2.76. The van der Waals surface area contributed by atoms with Gasteiger partial charge in [0.15, 0.2) is 0 Å². The summed E-state index contributed by atoms with van der Waals surface area (Å²) in [5, 5.41) is 4.06. The summed E-state index contributed by atoms with van der Waals surface area (Å²) < 4.78 is 7.12. The van der Waals surface area contributed by atoms with E-state index in [1.165, 1.54) is 0 Å². The van der Waals surface area contributed by atoms with Crippen LogP contribution in [0, 0.1) is 13.8 Å². The molecule has 7 nitrogen and oxygen atoms in total. The average molecular weight is 430 g/mol. The minimum atomic E-state index is -0.0663. The Kier molecular flexibility index (Phi) is 6.16. The molecule has 0 radical (unpaired) electrons. The van der Waals surface area contributed by atoms with E-state index < -0.39 is 0 Å². The van der Waals surface area contributed by atoms with Crippen molar-refractivity contribution < 1.29 is 4.74 Å². The van der Waals surface area contributed by atoms with Crippen LogP contribution in [0.25, 0.3) is 10.9 Å². The van der Waals surface area contributed by atoms with Gasteiger partial charge < -0.3 is 10.1 Å². The number of para-hydroxylation sites is 2. The normalized spacial score (nSPS) is 12.0. The molecule has 2 aromatic carbocycles. The lowest BCUT2D eigenvalue weighted by molar-refractivity contribution is 0.409. The van der Waals surface area contributed by atoms with Gasteiger partial charge >= 0.3 is 0 Å². The fourth-order valence-corrected chi connectivity index (χ4v) is 3.92. The van der Waals surface area contributed by atoms with Crippen LogP contribution >= 0.6 is 0 Å². The SMILES string of the molecule is COc1ccccc1C[C@@H](C)Nc1cc(Cn2c(C)nc3ccccc3c2=O)nc(C)n1. The third-order valence-electron chi connectivity index (χ3n) is 5.38. The van der Waals surface area contributed by atoms with Gasteiger partial charge in [-0.15, -0.1) is 0 Å². The zero-order chi connectivity index (χ0) is 22.7. The van der Waals surface area contributed by atoms with Gasteiger partial charge in [-0.1, -0.05) is 30.3 Å². The van der Waals surface area contributed by atoms with Crippen LogP contribution in [0.2, 0.25) is 0 Å². The maximum Gasteiger partial charge on any atom is 0.261 e. The summed E-state index contributed by atoms with van der Waals surface area (Å²) in [6, 6.07) is 17.4. The Bertz CT molecular complexity index is 1320. The first-order chi connectivity index (χ1) is 15.4. The standard InChI is InChI=1S/C25H27N5O2/c1-16(13-19-9-5-8-12-23(19)32-4)26-24-14-20(27-17(2)28-24)15-30-18(3)29-22-11-7-6-10-21(22)25(30)31/h5-12,14,16H,13,15H2,1-4H3,(H,26,27,28)/t16-/m1/s1. The number of aryl methyl sites for hydroxylation is 2. The Morgan fingerprint density at radius 3 is 2.59 bits per heavy atom. The molecular formula is C25H27N5O2. The van der Waals surface area contributed by atoms with Crippen LogP contribution < -0.4 is 15.6 Å². The molecular weight excluding hydrogens is 402 g/mol. The predicted molar refractivity (Wildman–Crippen MR) is 126 cm³/mol. The van der Waals surface area contributed by atoms with Crippen molar-refractivity contribution in [2.45, 2.75) is 39.8 Å². The molecule has 0 fully saturated rings. The van der Waals surface area contributed by atoms with Crippen LogP contribution in [-0.4, -0.2) is 32.7 Å². The van der Waals surface area contributed by atoms with Gasteiger partial charge in [0.25, 0.3) is 5.56 Å². The summed E-state index contributed by atoms with van der Waals surface area (Å²) >= 11 is 0. The molecule has 0 unspecified atom stereocenters. The van der Waals surface area contributed by atoms with E-state index in [2.05, 4.69) is 33.3 Å². The molecule has 0 saturated carbocycles. The van der Waals surface area contributed by atoms with Crippen LogP contribution in [0.4, 0.5) is 5.82 Å². The zero-order valence-electron chi connectivity index (χ0n) is 18.8. The lowest BCUT2D eigenvalue weighted by Gasteiger charge is -2.17. The van der Waals surface area contributed by atoms with E-state index in [-0.39, 0.29) is 11.6 Å². The van der Waals surface area contributed by atoms with E-state index in [4.69, 9.17) is 4.74 Å². The van der Waals surface area contributed by atoms with Gasteiger partial charge in [0.05, 0.1) is 30.3 Å².